The van der Waals surface area contributed by atoms with Gasteiger partial charge in [0.05, 0.1) is 4.92 Å². The molecule has 146 valence electrons. The standard InChI is InChI=1S/C22H19N3O4/c1-24(15-16-6-3-2-4-7-16)22(27)18-8-5-9-19(14-18)23-21(26)17-10-12-20(13-11-17)25(28)29/h2-14H,15H2,1H3,(H,23,26). The lowest BCUT2D eigenvalue weighted by Crippen LogP contribution is -2.26. The minimum Gasteiger partial charge on any atom is -0.337 e. The van der Waals surface area contributed by atoms with Gasteiger partial charge in [0.2, 0.25) is 0 Å². The molecule has 1 N–H and O–H groups in total. The Morgan fingerprint density at radius 1 is 0.931 bits per heavy atom. The molecular weight excluding hydrogens is 370 g/mol. The highest BCUT2D eigenvalue weighted by molar-refractivity contribution is 6.05. The molecule has 0 radical (unpaired) electrons. The number of amides is 2. The number of nitrogens with one attached hydrogen (secondary N) is 1. The number of nitro groups is 1. The van der Waals surface area contributed by atoms with Crippen molar-refractivity contribution in [3.8, 4) is 0 Å². The lowest BCUT2D eigenvalue weighted by Gasteiger charge is -2.18. The van der Waals surface area contributed by atoms with Gasteiger partial charge in [0.1, 0.15) is 0 Å². The van der Waals surface area contributed by atoms with Gasteiger partial charge in [0.25, 0.3) is 17.5 Å². The van der Waals surface area contributed by atoms with Crippen molar-refractivity contribution in [1.29, 1.82) is 0 Å². The third-order valence-electron chi connectivity index (χ3n) is 4.32. The largest absolute Gasteiger partial charge is 0.337 e. The van der Waals surface area contributed by atoms with E-state index in [0.29, 0.717) is 17.8 Å². The van der Waals surface area contributed by atoms with Crippen molar-refractivity contribution in [2.24, 2.45) is 0 Å². The van der Waals surface area contributed by atoms with Crippen LogP contribution in [0, 0.1) is 10.1 Å². The smallest absolute Gasteiger partial charge is 0.269 e. The second-order valence-electron chi connectivity index (χ2n) is 6.49. The molecule has 0 spiro atoms. The lowest BCUT2D eigenvalue weighted by molar-refractivity contribution is -0.384. The van der Waals surface area contributed by atoms with E-state index >= 15 is 0 Å². The maximum atomic E-state index is 12.7. The van der Waals surface area contributed by atoms with Gasteiger partial charge in [-0.1, -0.05) is 36.4 Å². The average Bonchev–Trinajstić information content (AvgIpc) is 2.74. The normalized spacial score (nSPS) is 10.2. The van der Waals surface area contributed by atoms with Crippen molar-refractivity contribution in [2.75, 3.05) is 12.4 Å². The quantitative estimate of drug-likeness (QED) is 0.507. The summed E-state index contributed by atoms with van der Waals surface area (Å²) < 4.78 is 0. The molecule has 3 rings (SSSR count). The minimum absolute atomic E-state index is 0.0874. The van der Waals surface area contributed by atoms with E-state index in [2.05, 4.69) is 5.32 Å². The topological polar surface area (TPSA) is 92.6 Å². The van der Waals surface area contributed by atoms with E-state index in [0.717, 1.165) is 5.56 Å². The SMILES string of the molecule is CN(Cc1ccccc1)C(=O)c1cccc(NC(=O)c2ccc([N+](=O)[O-])cc2)c1. The van der Waals surface area contributed by atoms with E-state index in [9.17, 15) is 19.7 Å². The monoisotopic (exact) mass is 389 g/mol. The fraction of sp³-hybridized carbons (Fsp3) is 0.0909. The second kappa shape index (κ2) is 8.79. The van der Waals surface area contributed by atoms with Gasteiger partial charge in [-0.15, -0.1) is 0 Å². The van der Waals surface area contributed by atoms with Crippen LogP contribution < -0.4 is 5.32 Å². The van der Waals surface area contributed by atoms with Crippen molar-refractivity contribution in [3.63, 3.8) is 0 Å². The molecule has 0 aromatic heterocycles. The molecule has 0 atom stereocenters. The Labute approximate surface area is 167 Å². The third-order valence-corrected chi connectivity index (χ3v) is 4.32. The molecule has 7 nitrogen and oxygen atoms in total. The molecule has 0 saturated carbocycles. The lowest BCUT2D eigenvalue weighted by atomic mass is 10.1. The Morgan fingerprint density at radius 3 is 2.28 bits per heavy atom. The van der Waals surface area contributed by atoms with Gasteiger partial charge in [0, 0.05) is 42.5 Å². The van der Waals surface area contributed by atoms with Crippen molar-refractivity contribution >= 4 is 23.2 Å². The maximum Gasteiger partial charge on any atom is 0.269 e. The van der Waals surface area contributed by atoms with Crippen LogP contribution in [0.5, 0.6) is 0 Å². The number of benzene rings is 3. The van der Waals surface area contributed by atoms with Crippen LogP contribution >= 0.6 is 0 Å². The first-order valence-corrected chi connectivity index (χ1v) is 8.89. The molecular formula is C22H19N3O4. The molecule has 0 saturated heterocycles. The molecule has 0 aliphatic rings. The van der Waals surface area contributed by atoms with E-state index in [1.54, 1.807) is 36.2 Å². The summed E-state index contributed by atoms with van der Waals surface area (Å²) in [5.74, 6) is -0.581. The highest BCUT2D eigenvalue weighted by Gasteiger charge is 2.14. The molecule has 0 unspecified atom stereocenters. The minimum atomic E-state index is -0.525. The summed E-state index contributed by atoms with van der Waals surface area (Å²) in [6.07, 6.45) is 0. The number of carbonyl (C=O) groups excluding carboxylic acids is 2. The molecule has 0 fully saturated rings. The van der Waals surface area contributed by atoms with Crippen LogP contribution in [0.1, 0.15) is 26.3 Å². The first-order valence-electron chi connectivity index (χ1n) is 8.89. The number of rotatable bonds is 6. The predicted molar refractivity (Wildman–Crippen MR) is 110 cm³/mol. The van der Waals surface area contributed by atoms with E-state index < -0.39 is 10.8 Å². The van der Waals surface area contributed by atoms with Crippen LogP contribution in [0.25, 0.3) is 0 Å². The van der Waals surface area contributed by atoms with Crippen molar-refractivity contribution in [3.05, 3.63) is 106 Å². The Hall–Kier alpha value is -4.00. The van der Waals surface area contributed by atoms with E-state index in [-0.39, 0.29) is 17.2 Å². The molecule has 3 aromatic rings. The molecule has 7 heteroatoms. The summed E-state index contributed by atoms with van der Waals surface area (Å²) in [5, 5.41) is 13.4. The van der Waals surface area contributed by atoms with Gasteiger partial charge >= 0.3 is 0 Å². The van der Waals surface area contributed by atoms with Gasteiger partial charge in [-0.2, -0.15) is 0 Å². The number of nitro benzene ring substituents is 1. The predicted octanol–water partition coefficient (Wildman–Crippen LogP) is 4.12. The highest BCUT2D eigenvalue weighted by Crippen LogP contribution is 2.17. The van der Waals surface area contributed by atoms with Crippen LogP contribution in [0.3, 0.4) is 0 Å². The second-order valence-corrected chi connectivity index (χ2v) is 6.49. The number of hydrogen-bond acceptors (Lipinski definition) is 4. The van der Waals surface area contributed by atoms with Crippen molar-refractivity contribution < 1.29 is 14.5 Å². The third kappa shape index (κ3) is 5.04. The number of carbonyl (C=O) groups is 2. The van der Waals surface area contributed by atoms with Gasteiger partial charge < -0.3 is 10.2 Å². The summed E-state index contributed by atoms with van der Waals surface area (Å²) in [5.41, 5.74) is 2.13. The van der Waals surface area contributed by atoms with Crippen molar-refractivity contribution in [1.82, 2.24) is 4.90 Å². The number of anilines is 1. The van der Waals surface area contributed by atoms with Gasteiger partial charge in [-0.3, -0.25) is 19.7 Å². The molecule has 0 aliphatic heterocycles. The molecule has 0 heterocycles. The zero-order valence-electron chi connectivity index (χ0n) is 15.7. The van der Waals surface area contributed by atoms with Gasteiger partial charge in [-0.05, 0) is 35.9 Å². The number of nitrogens with zero attached hydrogens (tertiary/aromatic N) is 2. The van der Waals surface area contributed by atoms with E-state index in [1.165, 1.54) is 24.3 Å². The van der Waals surface area contributed by atoms with Crippen LogP contribution in [0.2, 0.25) is 0 Å². The average molecular weight is 389 g/mol. The molecule has 2 amide bonds. The molecule has 29 heavy (non-hydrogen) atoms. The van der Waals surface area contributed by atoms with Gasteiger partial charge in [0.15, 0.2) is 0 Å². The number of non-ortho nitro benzene ring substituents is 1. The van der Waals surface area contributed by atoms with Crippen LogP contribution in [-0.2, 0) is 6.54 Å². The fourth-order valence-electron chi connectivity index (χ4n) is 2.82. The van der Waals surface area contributed by atoms with E-state index in [4.69, 9.17) is 0 Å². The fourth-order valence-corrected chi connectivity index (χ4v) is 2.82. The van der Waals surface area contributed by atoms with Crippen LogP contribution in [-0.4, -0.2) is 28.7 Å². The zero-order chi connectivity index (χ0) is 20.8. The molecule has 0 bridgehead atoms. The zero-order valence-corrected chi connectivity index (χ0v) is 15.7. The summed E-state index contributed by atoms with van der Waals surface area (Å²) >= 11 is 0. The van der Waals surface area contributed by atoms with Crippen molar-refractivity contribution in [2.45, 2.75) is 6.54 Å². The first kappa shape index (κ1) is 19.8. The summed E-state index contributed by atoms with van der Waals surface area (Å²) in [7, 11) is 1.72. The summed E-state index contributed by atoms with van der Waals surface area (Å²) in [6.45, 7) is 0.471. The van der Waals surface area contributed by atoms with Crippen LogP contribution in [0.15, 0.2) is 78.9 Å². The van der Waals surface area contributed by atoms with E-state index in [1.807, 2.05) is 30.3 Å². The molecule has 0 aliphatic carbocycles. The summed E-state index contributed by atoms with van der Waals surface area (Å²) in [4.78, 5) is 36.9. The van der Waals surface area contributed by atoms with Gasteiger partial charge in [-0.25, -0.2) is 0 Å². The Bertz CT molecular complexity index is 1030. The summed E-state index contributed by atoms with van der Waals surface area (Å²) in [6, 6.07) is 21.6. The maximum absolute atomic E-state index is 12.7. The Balaban J connectivity index is 1.69. The Kier molecular flexibility index (Phi) is 5.99. The molecule has 3 aromatic carbocycles. The van der Waals surface area contributed by atoms with Crippen LogP contribution in [0.4, 0.5) is 11.4 Å². The first-order chi connectivity index (χ1) is 13.9. The highest BCUT2D eigenvalue weighted by atomic mass is 16.6. The Morgan fingerprint density at radius 2 is 1.62 bits per heavy atom. The number of hydrogen-bond donors (Lipinski definition) is 1.